The van der Waals surface area contributed by atoms with E-state index in [4.69, 9.17) is 21.9 Å². The molecular formula is C14H17ClN4O. The van der Waals surface area contributed by atoms with Crippen LogP contribution in [0.4, 0.5) is 0 Å². The highest BCUT2D eigenvalue weighted by molar-refractivity contribution is 6.30. The van der Waals surface area contributed by atoms with Crippen LogP contribution < -0.4 is 5.73 Å². The Balaban J connectivity index is 1.91. The molecule has 2 aromatic heterocycles. The maximum Gasteiger partial charge on any atom is 0.234 e. The van der Waals surface area contributed by atoms with Crippen LogP contribution in [0.5, 0.6) is 0 Å². The third-order valence-electron chi connectivity index (χ3n) is 4.04. The van der Waals surface area contributed by atoms with Crippen molar-refractivity contribution < 1.29 is 4.52 Å². The number of nitrogens with zero attached hydrogens (tertiary/aromatic N) is 3. The topological polar surface area (TPSA) is 77.8 Å². The zero-order valence-corrected chi connectivity index (χ0v) is 11.9. The van der Waals surface area contributed by atoms with Crippen LogP contribution in [-0.4, -0.2) is 21.7 Å². The lowest BCUT2D eigenvalue weighted by Gasteiger charge is -2.32. The van der Waals surface area contributed by atoms with E-state index in [1.165, 1.54) is 6.42 Å². The number of pyridine rings is 1. The van der Waals surface area contributed by atoms with Gasteiger partial charge in [-0.05, 0) is 25.0 Å². The monoisotopic (exact) mass is 292 g/mol. The summed E-state index contributed by atoms with van der Waals surface area (Å²) in [6.07, 6.45) is 7.17. The second-order valence-corrected chi connectivity index (χ2v) is 5.77. The van der Waals surface area contributed by atoms with Crippen molar-refractivity contribution in [3.05, 3.63) is 29.2 Å². The van der Waals surface area contributed by atoms with Gasteiger partial charge in [0.05, 0.1) is 10.4 Å². The molecule has 1 aliphatic rings. The molecule has 6 heteroatoms. The van der Waals surface area contributed by atoms with Gasteiger partial charge in [-0.1, -0.05) is 36.0 Å². The minimum Gasteiger partial charge on any atom is -0.338 e. The summed E-state index contributed by atoms with van der Waals surface area (Å²) in [5, 5.41) is 4.62. The van der Waals surface area contributed by atoms with Gasteiger partial charge in [0, 0.05) is 12.7 Å². The molecule has 1 saturated carbocycles. The average molecular weight is 293 g/mol. The second-order valence-electron chi connectivity index (χ2n) is 5.33. The third kappa shape index (κ3) is 2.43. The molecule has 0 saturated heterocycles. The number of aromatic nitrogens is 3. The molecule has 2 N–H and O–H groups in total. The van der Waals surface area contributed by atoms with Crippen LogP contribution in [0.2, 0.25) is 5.02 Å². The molecule has 0 atom stereocenters. The van der Waals surface area contributed by atoms with Crippen molar-refractivity contribution in [1.82, 2.24) is 15.1 Å². The molecule has 5 nitrogen and oxygen atoms in total. The van der Waals surface area contributed by atoms with E-state index in [0.717, 1.165) is 25.7 Å². The van der Waals surface area contributed by atoms with Crippen molar-refractivity contribution >= 4 is 11.6 Å². The first-order valence-electron chi connectivity index (χ1n) is 6.90. The molecule has 20 heavy (non-hydrogen) atoms. The molecule has 0 aliphatic heterocycles. The fraction of sp³-hybridized carbons (Fsp3) is 0.500. The zero-order valence-electron chi connectivity index (χ0n) is 11.2. The van der Waals surface area contributed by atoms with Crippen LogP contribution in [0.15, 0.2) is 22.9 Å². The van der Waals surface area contributed by atoms with Crippen LogP contribution in [0.1, 0.15) is 38.0 Å². The highest BCUT2D eigenvalue weighted by Gasteiger charge is 2.38. The lowest BCUT2D eigenvalue weighted by Crippen LogP contribution is -2.37. The molecule has 0 bridgehead atoms. The van der Waals surface area contributed by atoms with Crippen molar-refractivity contribution in [2.24, 2.45) is 5.73 Å². The first-order valence-corrected chi connectivity index (χ1v) is 7.27. The van der Waals surface area contributed by atoms with E-state index in [1.807, 2.05) is 0 Å². The van der Waals surface area contributed by atoms with E-state index < -0.39 is 0 Å². The lowest BCUT2D eigenvalue weighted by molar-refractivity contribution is 0.220. The van der Waals surface area contributed by atoms with Gasteiger partial charge in [-0.25, -0.2) is 0 Å². The number of hydrogen-bond donors (Lipinski definition) is 1. The second kappa shape index (κ2) is 5.50. The van der Waals surface area contributed by atoms with Gasteiger partial charge < -0.3 is 10.3 Å². The van der Waals surface area contributed by atoms with Crippen molar-refractivity contribution in [1.29, 1.82) is 0 Å². The van der Waals surface area contributed by atoms with Gasteiger partial charge in [0.1, 0.15) is 5.69 Å². The fourth-order valence-electron chi connectivity index (χ4n) is 2.78. The van der Waals surface area contributed by atoms with E-state index in [-0.39, 0.29) is 5.41 Å². The minimum absolute atomic E-state index is 0.157. The maximum absolute atomic E-state index is 5.98. The number of rotatable bonds is 3. The van der Waals surface area contributed by atoms with E-state index in [0.29, 0.717) is 29.0 Å². The molecule has 0 amide bonds. The Bertz CT molecular complexity index is 575. The Morgan fingerprint density at radius 2 is 2.05 bits per heavy atom. The summed E-state index contributed by atoms with van der Waals surface area (Å²) in [7, 11) is 0. The Kier molecular flexibility index (Phi) is 3.72. The van der Waals surface area contributed by atoms with Gasteiger partial charge in [-0.15, -0.1) is 0 Å². The van der Waals surface area contributed by atoms with Crippen LogP contribution in [0, 0.1) is 0 Å². The molecule has 1 fully saturated rings. The van der Waals surface area contributed by atoms with Crippen LogP contribution in [0.25, 0.3) is 11.5 Å². The SMILES string of the molecule is NCC1(c2nc(-c3ccc(Cl)cn3)no2)CCCCC1. The molecule has 0 spiro atoms. The van der Waals surface area contributed by atoms with E-state index >= 15 is 0 Å². The molecular weight excluding hydrogens is 276 g/mol. The average Bonchev–Trinajstić information content (AvgIpc) is 2.99. The Morgan fingerprint density at radius 1 is 1.25 bits per heavy atom. The molecule has 0 radical (unpaired) electrons. The maximum atomic E-state index is 5.98. The van der Waals surface area contributed by atoms with Gasteiger partial charge in [0.15, 0.2) is 0 Å². The predicted molar refractivity (Wildman–Crippen MR) is 76.4 cm³/mol. The van der Waals surface area contributed by atoms with Crippen molar-refractivity contribution in [2.75, 3.05) is 6.54 Å². The molecule has 3 rings (SSSR count). The van der Waals surface area contributed by atoms with Gasteiger partial charge >= 0.3 is 0 Å². The smallest absolute Gasteiger partial charge is 0.234 e. The Labute approximate surface area is 122 Å². The van der Waals surface area contributed by atoms with Crippen LogP contribution >= 0.6 is 11.6 Å². The van der Waals surface area contributed by atoms with Gasteiger partial charge in [0.2, 0.25) is 11.7 Å². The molecule has 0 aromatic carbocycles. The summed E-state index contributed by atoms with van der Waals surface area (Å²) < 4.78 is 5.47. The zero-order chi connectivity index (χ0) is 14.0. The van der Waals surface area contributed by atoms with Crippen molar-refractivity contribution in [2.45, 2.75) is 37.5 Å². The quantitative estimate of drug-likeness (QED) is 0.941. The first kappa shape index (κ1) is 13.5. The Morgan fingerprint density at radius 3 is 2.70 bits per heavy atom. The van der Waals surface area contributed by atoms with Gasteiger partial charge in [0.25, 0.3) is 0 Å². The molecule has 2 heterocycles. The summed E-state index contributed by atoms with van der Waals surface area (Å²) in [5.74, 6) is 1.14. The number of halogens is 1. The Hall–Kier alpha value is -1.46. The van der Waals surface area contributed by atoms with E-state index in [1.54, 1.807) is 18.3 Å². The first-order chi connectivity index (χ1) is 9.73. The molecule has 106 valence electrons. The summed E-state index contributed by atoms with van der Waals surface area (Å²) in [5.41, 5.74) is 6.48. The summed E-state index contributed by atoms with van der Waals surface area (Å²) in [6.45, 7) is 0.544. The van der Waals surface area contributed by atoms with E-state index in [2.05, 4.69) is 15.1 Å². The highest BCUT2D eigenvalue weighted by atomic mass is 35.5. The largest absolute Gasteiger partial charge is 0.338 e. The molecule has 2 aromatic rings. The van der Waals surface area contributed by atoms with Crippen LogP contribution in [-0.2, 0) is 5.41 Å². The lowest BCUT2D eigenvalue weighted by atomic mass is 9.74. The molecule has 0 unspecified atom stereocenters. The number of nitrogens with two attached hydrogens (primary N) is 1. The third-order valence-corrected chi connectivity index (χ3v) is 4.26. The highest BCUT2D eigenvalue weighted by Crippen LogP contribution is 2.38. The van der Waals surface area contributed by atoms with Crippen molar-refractivity contribution in [3.8, 4) is 11.5 Å². The van der Waals surface area contributed by atoms with Crippen LogP contribution in [0.3, 0.4) is 0 Å². The summed E-state index contributed by atoms with van der Waals surface area (Å²) >= 11 is 5.83. The fourth-order valence-corrected chi connectivity index (χ4v) is 2.90. The predicted octanol–water partition coefficient (Wildman–Crippen LogP) is 2.95. The standard InChI is InChI=1S/C14H17ClN4O/c15-10-4-5-11(17-8-10)12-18-13(20-19-12)14(9-16)6-2-1-3-7-14/h4-5,8H,1-3,6-7,9,16H2. The minimum atomic E-state index is -0.157. The molecule has 1 aliphatic carbocycles. The summed E-state index contributed by atoms with van der Waals surface area (Å²) in [6, 6.07) is 3.55. The number of hydrogen-bond acceptors (Lipinski definition) is 5. The summed E-state index contributed by atoms with van der Waals surface area (Å²) in [4.78, 5) is 8.72. The normalized spacial score (nSPS) is 18.1. The van der Waals surface area contributed by atoms with Gasteiger partial charge in [-0.3, -0.25) is 4.98 Å². The van der Waals surface area contributed by atoms with Crippen molar-refractivity contribution in [3.63, 3.8) is 0 Å². The van der Waals surface area contributed by atoms with E-state index in [9.17, 15) is 0 Å². The van der Waals surface area contributed by atoms with Gasteiger partial charge in [-0.2, -0.15) is 4.98 Å².